The van der Waals surface area contributed by atoms with Crippen LogP contribution in [0.1, 0.15) is 24.8 Å². The second-order valence-electron chi connectivity index (χ2n) is 3.86. The van der Waals surface area contributed by atoms with Gasteiger partial charge in [0.1, 0.15) is 5.72 Å². The number of rotatable bonds is 1. The van der Waals surface area contributed by atoms with Gasteiger partial charge in [-0.3, -0.25) is 4.79 Å². The smallest absolute Gasteiger partial charge is 0.222 e. The van der Waals surface area contributed by atoms with Gasteiger partial charge in [0.25, 0.3) is 0 Å². The van der Waals surface area contributed by atoms with Crippen LogP contribution in [-0.2, 0) is 4.79 Å². The maximum absolute atomic E-state index is 11.2. The van der Waals surface area contributed by atoms with Gasteiger partial charge < -0.3 is 10.4 Å². The van der Waals surface area contributed by atoms with Crippen LogP contribution in [-0.4, -0.2) is 16.7 Å². The Balaban J connectivity index is 2.32. The molecule has 3 nitrogen and oxygen atoms in total. The molecule has 2 atom stereocenters. The Morgan fingerprint density at radius 2 is 2.07 bits per heavy atom. The van der Waals surface area contributed by atoms with Gasteiger partial charge >= 0.3 is 0 Å². The van der Waals surface area contributed by atoms with Crippen LogP contribution in [0.2, 0.25) is 0 Å². The lowest BCUT2D eigenvalue weighted by atomic mass is 9.90. The highest BCUT2D eigenvalue weighted by Crippen LogP contribution is 2.34. The normalized spacial score (nSPS) is 31.6. The minimum Gasteiger partial charge on any atom is -0.371 e. The summed E-state index contributed by atoms with van der Waals surface area (Å²) in [4.78, 5) is 11.2. The van der Waals surface area contributed by atoms with Crippen LogP contribution >= 0.6 is 0 Å². The molecule has 2 N–H and O–H groups in total. The van der Waals surface area contributed by atoms with Crippen molar-refractivity contribution >= 4 is 5.91 Å². The van der Waals surface area contributed by atoms with Crippen LogP contribution in [0.3, 0.4) is 0 Å². The van der Waals surface area contributed by atoms with Crippen molar-refractivity contribution < 1.29 is 9.90 Å². The number of carbonyl (C=O) groups is 1. The fourth-order valence-electron chi connectivity index (χ4n) is 1.93. The van der Waals surface area contributed by atoms with Crippen molar-refractivity contribution in [1.29, 1.82) is 0 Å². The van der Waals surface area contributed by atoms with Crippen LogP contribution in [0, 0.1) is 0 Å². The lowest BCUT2D eigenvalue weighted by Crippen LogP contribution is -2.41. The largest absolute Gasteiger partial charge is 0.371 e. The summed E-state index contributed by atoms with van der Waals surface area (Å²) in [5.74, 6) is -0.236. The number of nitrogens with one attached hydrogen (secondary N) is 1. The van der Waals surface area contributed by atoms with Crippen molar-refractivity contribution in [2.24, 2.45) is 0 Å². The molecule has 2 rings (SSSR count). The zero-order valence-electron chi connectivity index (χ0n) is 8.03. The van der Waals surface area contributed by atoms with Gasteiger partial charge in [0.2, 0.25) is 5.91 Å². The molecule has 0 spiro atoms. The van der Waals surface area contributed by atoms with E-state index >= 15 is 0 Å². The Bertz CT molecular complexity index is 346. The molecule has 0 aromatic heterocycles. The number of hydrogen-bond acceptors (Lipinski definition) is 2. The van der Waals surface area contributed by atoms with E-state index in [9.17, 15) is 9.90 Å². The minimum atomic E-state index is -1.11. The predicted molar refractivity (Wildman–Crippen MR) is 52.6 cm³/mol. The van der Waals surface area contributed by atoms with Crippen molar-refractivity contribution in [3.05, 3.63) is 35.9 Å². The van der Waals surface area contributed by atoms with Crippen LogP contribution in [0.4, 0.5) is 0 Å². The molecule has 0 saturated carbocycles. The molecule has 1 aliphatic rings. The Hall–Kier alpha value is -1.35. The second-order valence-corrected chi connectivity index (χ2v) is 3.86. The molecule has 1 aliphatic heterocycles. The highest BCUT2D eigenvalue weighted by atomic mass is 16.3. The van der Waals surface area contributed by atoms with E-state index in [1.54, 1.807) is 6.92 Å². The molecule has 1 aromatic rings. The number of benzene rings is 1. The van der Waals surface area contributed by atoms with E-state index in [2.05, 4.69) is 5.32 Å². The van der Waals surface area contributed by atoms with E-state index in [1.807, 2.05) is 30.3 Å². The summed E-state index contributed by atoms with van der Waals surface area (Å²) >= 11 is 0. The zero-order chi connectivity index (χ0) is 10.2. The van der Waals surface area contributed by atoms with Gasteiger partial charge in [-0.2, -0.15) is 0 Å². The molecule has 1 saturated heterocycles. The van der Waals surface area contributed by atoms with Crippen LogP contribution in [0.5, 0.6) is 0 Å². The third-order valence-electron chi connectivity index (χ3n) is 2.66. The van der Waals surface area contributed by atoms with Gasteiger partial charge in [0.15, 0.2) is 0 Å². The summed E-state index contributed by atoms with van der Waals surface area (Å²) in [6.45, 7) is 1.63. The topological polar surface area (TPSA) is 49.3 Å². The first-order chi connectivity index (χ1) is 6.59. The van der Waals surface area contributed by atoms with Gasteiger partial charge in [-0.1, -0.05) is 30.3 Å². The van der Waals surface area contributed by atoms with Crippen LogP contribution < -0.4 is 5.32 Å². The summed E-state index contributed by atoms with van der Waals surface area (Å²) in [5.41, 5.74) is -0.117. The van der Waals surface area contributed by atoms with E-state index < -0.39 is 5.72 Å². The Morgan fingerprint density at radius 3 is 2.57 bits per heavy atom. The Morgan fingerprint density at radius 1 is 1.43 bits per heavy atom. The van der Waals surface area contributed by atoms with Crippen molar-refractivity contribution in [1.82, 2.24) is 5.32 Å². The van der Waals surface area contributed by atoms with E-state index in [0.717, 1.165) is 5.56 Å². The molecule has 1 aromatic carbocycles. The van der Waals surface area contributed by atoms with Crippen molar-refractivity contribution in [2.45, 2.75) is 25.0 Å². The van der Waals surface area contributed by atoms with E-state index in [-0.39, 0.29) is 11.8 Å². The van der Waals surface area contributed by atoms with Crippen molar-refractivity contribution in [3.63, 3.8) is 0 Å². The summed E-state index contributed by atoms with van der Waals surface area (Å²) in [6.07, 6.45) is 0.358. The molecule has 0 aliphatic carbocycles. The maximum atomic E-state index is 11.2. The molecule has 14 heavy (non-hydrogen) atoms. The first-order valence-corrected chi connectivity index (χ1v) is 4.68. The fourth-order valence-corrected chi connectivity index (χ4v) is 1.93. The molecule has 0 radical (unpaired) electrons. The quantitative estimate of drug-likeness (QED) is 0.695. The molecule has 1 heterocycles. The van der Waals surface area contributed by atoms with E-state index in [0.29, 0.717) is 6.42 Å². The standard InChI is InChI=1S/C11H13NO2/c1-11(14)9(7-10(13)12-11)8-5-3-2-4-6-8/h2-6,9,14H,7H2,1H3,(H,12,13). The van der Waals surface area contributed by atoms with E-state index in [1.165, 1.54) is 0 Å². The number of carbonyl (C=O) groups excluding carboxylic acids is 1. The van der Waals surface area contributed by atoms with Gasteiger partial charge in [-0.05, 0) is 12.5 Å². The highest BCUT2D eigenvalue weighted by molar-refractivity contribution is 5.80. The van der Waals surface area contributed by atoms with Gasteiger partial charge in [-0.25, -0.2) is 0 Å². The summed E-state index contributed by atoms with van der Waals surface area (Å²) in [7, 11) is 0. The molecule has 1 amide bonds. The molecular weight excluding hydrogens is 178 g/mol. The average molecular weight is 191 g/mol. The third-order valence-corrected chi connectivity index (χ3v) is 2.66. The number of amides is 1. The Kier molecular flexibility index (Phi) is 2.04. The first-order valence-electron chi connectivity index (χ1n) is 4.68. The molecular formula is C11H13NO2. The molecule has 1 fully saturated rings. The van der Waals surface area contributed by atoms with Crippen LogP contribution in [0.15, 0.2) is 30.3 Å². The lowest BCUT2D eigenvalue weighted by Gasteiger charge is -2.24. The van der Waals surface area contributed by atoms with Crippen molar-refractivity contribution in [2.75, 3.05) is 0 Å². The summed E-state index contributed by atoms with van der Waals surface area (Å²) in [5, 5.41) is 12.5. The first kappa shape index (κ1) is 9.21. The fraction of sp³-hybridized carbons (Fsp3) is 0.364. The van der Waals surface area contributed by atoms with Crippen molar-refractivity contribution in [3.8, 4) is 0 Å². The van der Waals surface area contributed by atoms with Crippen LogP contribution in [0.25, 0.3) is 0 Å². The average Bonchev–Trinajstić information content (AvgIpc) is 2.41. The monoisotopic (exact) mass is 191 g/mol. The molecule has 2 unspecified atom stereocenters. The third kappa shape index (κ3) is 1.51. The lowest BCUT2D eigenvalue weighted by molar-refractivity contribution is -0.121. The zero-order valence-corrected chi connectivity index (χ0v) is 8.03. The summed E-state index contributed by atoms with van der Waals surface area (Å²) < 4.78 is 0. The summed E-state index contributed by atoms with van der Waals surface area (Å²) in [6, 6.07) is 9.60. The predicted octanol–water partition coefficient (Wildman–Crippen LogP) is 0.999. The van der Waals surface area contributed by atoms with Gasteiger partial charge in [0.05, 0.1) is 0 Å². The molecule has 74 valence electrons. The van der Waals surface area contributed by atoms with E-state index in [4.69, 9.17) is 0 Å². The Labute approximate surface area is 82.8 Å². The molecule has 0 bridgehead atoms. The highest BCUT2D eigenvalue weighted by Gasteiger charge is 2.41. The number of aliphatic hydroxyl groups is 1. The second kappa shape index (κ2) is 3.10. The van der Waals surface area contributed by atoms with Gasteiger partial charge in [-0.15, -0.1) is 0 Å². The minimum absolute atomic E-state index is 0.0937. The maximum Gasteiger partial charge on any atom is 0.222 e. The SMILES string of the molecule is CC1(O)NC(=O)CC1c1ccccc1. The van der Waals surface area contributed by atoms with Gasteiger partial charge in [0, 0.05) is 12.3 Å². The molecule has 3 heteroatoms. The number of hydrogen-bond donors (Lipinski definition) is 2.